The van der Waals surface area contributed by atoms with Gasteiger partial charge in [-0.05, 0) is 6.92 Å². The predicted octanol–water partition coefficient (Wildman–Crippen LogP) is -1.24. The fourth-order valence-corrected chi connectivity index (χ4v) is 0. The number of carboxylic acids is 1. The molecule has 0 aromatic heterocycles. The van der Waals surface area contributed by atoms with Crippen molar-refractivity contribution in [2.45, 2.75) is 6.92 Å². The van der Waals surface area contributed by atoms with E-state index in [9.17, 15) is 0 Å². The van der Waals surface area contributed by atoms with Crippen molar-refractivity contribution in [2.75, 3.05) is 0 Å². The minimum absolute atomic E-state index is 0.972. The molecule has 0 aromatic rings. The van der Waals surface area contributed by atoms with Gasteiger partial charge in [-0.15, -0.1) is 0 Å². The van der Waals surface area contributed by atoms with Crippen LogP contribution in [0.25, 0.3) is 0 Å². The molecule has 0 saturated carbocycles. The molecule has 0 aliphatic rings. The summed E-state index contributed by atoms with van der Waals surface area (Å²) < 4.78 is 0. The van der Waals surface area contributed by atoms with E-state index in [1.807, 2.05) is 0 Å². The molecule has 0 radical (unpaired) electrons. The van der Waals surface area contributed by atoms with E-state index in [2.05, 4.69) is 9.97 Å². The third-order valence-corrected chi connectivity index (χ3v) is 0. The Morgan fingerprint density at radius 1 is 1.83 bits per heavy atom. The molecule has 0 atom stereocenters. The maximum atomic E-state index is 8.89. The standard InChI is InChI=1S/C2H4O2.Mg.H2S/c1-2(3)4;;/h1H3,(H,3,4);;1H2/q;+2;/p-2. The van der Waals surface area contributed by atoms with Crippen LogP contribution in [0.15, 0.2) is 0 Å². The number of thiol groups is 1. The van der Waals surface area contributed by atoms with Crippen molar-refractivity contribution >= 4 is 36.3 Å². The molecule has 0 amide bonds. The number of rotatable bonds is 0. The van der Waals surface area contributed by atoms with Crippen molar-refractivity contribution in [2.24, 2.45) is 0 Å². The summed E-state index contributed by atoms with van der Waals surface area (Å²) in [5.41, 5.74) is 0. The van der Waals surface area contributed by atoms with Crippen LogP contribution in [0.4, 0.5) is 0 Å². The third kappa shape index (κ3) is 172. The monoisotopic (exact) mass is 116 g/mol. The second-order valence-electron chi connectivity index (χ2n) is 0.492. The number of hydrogen-bond donors (Lipinski definition) is 1. The summed E-state index contributed by atoms with van der Waals surface area (Å²) in [6, 6.07) is 0. The van der Waals surface area contributed by atoms with Crippen molar-refractivity contribution in [3.63, 3.8) is 0 Å². The maximum absolute atomic E-state index is 8.89. The van der Waals surface area contributed by atoms with E-state index in [1.165, 1.54) is 0 Å². The van der Waals surface area contributed by atoms with Gasteiger partial charge >= 0.3 is 30.3 Å². The summed E-state index contributed by atoms with van der Waals surface area (Å²) in [4.78, 5) is 8.89. The van der Waals surface area contributed by atoms with Gasteiger partial charge in [0.2, 0.25) is 0 Å². The average Bonchev–Trinajstić information content (AvgIpc) is 1.41. The Morgan fingerprint density at radius 3 is 1.83 bits per heavy atom. The Hall–Kier alpha value is 0.586. The van der Waals surface area contributed by atoms with Crippen LogP contribution in [-0.4, -0.2) is 26.3 Å². The molecule has 0 unspecified atom stereocenters. The fraction of sp³-hybridized carbons (Fsp3) is 0.500. The van der Waals surface area contributed by atoms with E-state index in [1.54, 1.807) is 20.4 Å². The Kier molecular flexibility index (Phi) is 14.9. The molecule has 0 bridgehead atoms. The normalized spacial score (nSPS) is 5.33. The molecule has 0 aromatic carbocycles. The molecule has 0 aliphatic heterocycles. The van der Waals surface area contributed by atoms with Crippen LogP contribution in [0.5, 0.6) is 0 Å². The van der Waals surface area contributed by atoms with Crippen molar-refractivity contribution in [3.8, 4) is 0 Å². The van der Waals surface area contributed by atoms with Crippen LogP contribution in [0.1, 0.15) is 6.92 Å². The first kappa shape index (κ1) is 9.77. The zero-order valence-electron chi connectivity index (χ0n) is 3.47. The Morgan fingerprint density at radius 2 is 1.83 bits per heavy atom. The van der Waals surface area contributed by atoms with Gasteiger partial charge in [0.25, 0.3) is 0 Å². The van der Waals surface area contributed by atoms with Crippen LogP contribution in [0.3, 0.4) is 0 Å². The molecule has 0 N–H and O–H groups in total. The molecule has 0 fully saturated rings. The van der Waals surface area contributed by atoms with Crippen LogP contribution in [0.2, 0.25) is 0 Å². The first-order chi connectivity index (χ1) is 2.73. The molecule has 2 nitrogen and oxygen atoms in total. The molecule has 32 valence electrons. The summed E-state index contributed by atoms with van der Waals surface area (Å²) in [5.74, 6) is -1.08. The second kappa shape index (κ2) is 9.14. The first-order valence-electron chi connectivity index (χ1n) is 1.22. The average molecular weight is 116 g/mol. The number of carbonyl (C=O) groups is 1. The van der Waals surface area contributed by atoms with E-state index >= 15 is 0 Å². The molecule has 0 spiro atoms. The second-order valence-corrected chi connectivity index (χ2v) is 0.492. The predicted molar refractivity (Wildman–Crippen MR) is 25.4 cm³/mol. The Labute approximate surface area is 53.3 Å². The van der Waals surface area contributed by atoms with Gasteiger partial charge in [0, 0.05) is 5.97 Å². The topological polar surface area (TPSA) is 40.1 Å². The summed E-state index contributed by atoms with van der Waals surface area (Å²) >= 11 is 1.56. The summed E-state index contributed by atoms with van der Waals surface area (Å²) in [5, 5.41) is 8.89. The number of carbonyl (C=O) groups excluding carboxylic acids is 1. The molecular weight excluding hydrogens is 112 g/mol. The quantitative estimate of drug-likeness (QED) is 0.318. The van der Waals surface area contributed by atoms with Crippen molar-refractivity contribution in [1.29, 1.82) is 0 Å². The van der Waals surface area contributed by atoms with Crippen LogP contribution >= 0.6 is 9.97 Å². The molecular formula is C2H4MgO2S. The van der Waals surface area contributed by atoms with E-state index in [4.69, 9.17) is 9.90 Å². The molecule has 0 aliphatic carbocycles. The van der Waals surface area contributed by atoms with Crippen LogP contribution in [-0.2, 0) is 4.79 Å². The molecule has 0 rings (SSSR count). The van der Waals surface area contributed by atoms with Gasteiger partial charge in [-0.1, -0.05) is 0 Å². The number of carboxylic acid groups (broad SMARTS) is 1. The first-order valence-corrected chi connectivity index (χ1v) is 3.75. The molecule has 6 heavy (non-hydrogen) atoms. The van der Waals surface area contributed by atoms with Crippen LogP contribution in [0, 0.1) is 0 Å². The van der Waals surface area contributed by atoms with Gasteiger partial charge in [0.05, 0.1) is 0 Å². The van der Waals surface area contributed by atoms with Gasteiger partial charge in [-0.2, -0.15) is 0 Å². The Balaban J connectivity index is 0. The van der Waals surface area contributed by atoms with E-state index in [-0.39, 0.29) is 0 Å². The molecule has 0 heterocycles. The number of aliphatic carboxylic acids is 1. The Bertz CT molecular complexity index is 34.5. The van der Waals surface area contributed by atoms with Gasteiger partial charge in [0.1, 0.15) is 0 Å². The van der Waals surface area contributed by atoms with E-state index in [0.29, 0.717) is 0 Å². The molecule has 4 heteroatoms. The van der Waals surface area contributed by atoms with Crippen molar-refractivity contribution < 1.29 is 9.90 Å². The van der Waals surface area contributed by atoms with Crippen molar-refractivity contribution in [3.05, 3.63) is 0 Å². The van der Waals surface area contributed by atoms with Gasteiger partial charge in [-0.3, -0.25) is 0 Å². The van der Waals surface area contributed by atoms with Crippen LogP contribution < -0.4 is 5.11 Å². The summed E-state index contributed by atoms with van der Waals surface area (Å²) in [6.07, 6.45) is 0. The fourth-order valence-electron chi connectivity index (χ4n) is 0. The van der Waals surface area contributed by atoms with Gasteiger partial charge in [-0.25, -0.2) is 0 Å². The summed E-state index contributed by atoms with van der Waals surface area (Å²) in [7, 11) is 3.56. The minimum atomic E-state index is -1.08. The summed E-state index contributed by atoms with van der Waals surface area (Å²) in [6.45, 7) is 0.972. The van der Waals surface area contributed by atoms with Gasteiger partial charge < -0.3 is 9.90 Å². The van der Waals surface area contributed by atoms with Crippen molar-refractivity contribution in [1.82, 2.24) is 0 Å². The van der Waals surface area contributed by atoms with E-state index < -0.39 is 5.97 Å². The SMILES string of the molecule is CC(=O)[O-].[Mg+][SH]. The molecule has 0 saturated heterocycles. The number of hydrogen-bond acceptors (Lipinski definition) is 3. The van der Waals surface area contributed by atoms with Gasteiger partial charge in [0.15, 0.2) is 0 Å². The third-order valence-electron chi connectivity index (χ3n) is 0. The zero-order valence-corrected chi connectivity index (χ0v) is 5.78. The van der Waals surface area contributed by atoms with E-state index in [0.717, 1.165) is 6.92 Å². The zero-order chi connectivity index (χ0) is 5.58.